The molecule has 21 heavy (non-hydrogen) atoms. The van der Waals surface area contributed by atoms with Crippen LogP contribution in [0.4, 0.5) is 0 Å². The zero-order valence-corrected chi connectivity index (χ0v) is 14.9. The number of ether oxygens (including phenoxy) is 1. The molecule has 1 unspecified atom stereocenters. The second kappa shape index (κ2) is 7.73. The lowest BCUT2D eigenvalue weighted by Crippen LogP contribution is -2.61. The quantitative estimate of drug-likeness (QED) is 0.849. The molecular weight excluding hydrogens is 328 g/mol. The summed E-state index contributed by atoms with van der Waals surface area (Å²) in [6.45, 7) is 11.6. The van der Waals surface area contributed by atoms with Crippen molar-refractivity contribution in [3.63, 3.8) is 0 Å². The van der Waals surface area contributed by atoms with Crippen molar-refractivity contribution in [2.45, 2.75) is 38.8 Å². The number of nitrogens with zero attached hydrogens (tertiary/aromatic N) is 1. The molecule has 1 N–H and O–H groups in total. The topological polar surface area (TPSA) is 24.5 Å². The van der Waals surface area contributed by atoms with Crippen LogP contribution in [-0.2, 0) is 11.2 Å². The molecule has 2 rings (SSSR count). The standard InChI is InChI=1S/C17H27BrN2O/c1-4-19-16(13-14-7-5-6-8-15(14)18)17(2,3)20-9-11-21-12-10-20/h5-8,16,19H,4,9-13H2,1-3H3. The van der Waals surface area contributed by atoms with Gasteiger partial charge in [0.05, 0.1) is 13.2 Å². The van der Waals surface area contributed by atoms with E-state index in [-0.39, 0.29) is 5.54 Å². The van der Waals surface area contributed by atoms with E-state index in [0.29, 0.717) is 6.04 Å². The van der Waals surface area contributed by atoms with Gasteiger partial charge in [-0.1, -0.05) is 41.1 Å². The minimum atomic E-state index is 0.106. The van der Waals surface area contributed by atoms with Crippen molar-refractivity contribution in [1.29, 1.82) is 0 Å². The zero-order chi connectivity index (χ0) is 15.3. The van der Waals surface area contributed by atoms with Crippen molar-refractivity contribution < 1.29 is 4.74 Å². The Morgan fingerprint density at radius 3 is 2.57 bits per heavy atom. The summed E-state index contributed by atoms with van der Waals surface area (Å²) in [6.07, 6.45) is 1.03. The summed E-state index contributed by atoms with van der Waals surface area (Å²) in [5.74, 6) is 0. The highest BCUT2D eigenvalue weighted by molar-refractivity contribution is 9.10. The lowest BCUT2D eigenvalue weighted by molar-refractivity contribution is -0.0230. The van der Waals surface area contributed by atoms with Crippen molar-refractivity contribution in [3.05, 3.63) is 34.3 Å². The summed E-state index contributed by atoms with van der Waals surface area (Å²) in [4.78, 5) is 2.56. The zero-order valence-electron chi connectivity index (χ0n) is 13.4. The van der Waals surface area contributed by atoms with E-state index in [4.69, 9.17) is 4.74 Å². The number of nitrogens with one attached hydrogen (secondary N) is 1. The van der Waals surface area contributed by atoms with Gasteiger partial charge >= 0.3 is 0 Å². The molecule has 0 radical (unpaired) electrons. The molecule has 1 saturated heterocycles. The maximum atomic E-state index is 5.50. The van der Waals surface area contributed by atoms with E-state index in [2.05, 4.69) is 71.2 Å². The Kier molecular flexibility index (Phi) is 6.23. The van der Waals surface area contributed by atoms with Crippen LogP contribution in [-0.4, -0.2) is 49.3 Å². The maximum absolute atomic E-state index is 5.50. The Morgan fingerprint density at radius 2 is 1.95 bits per heavy atom. The number of likely N-dealkylation sites (N-methyl/N-ethyl adjacent to an activating group) is 1. The number of benzene rings is 1. The highest BCUT2D eigenvalue weighted by Gasteiger charge is 2.35. The Labute approximate surface area is 137 Å². The molecule has 1 aliphatic heterocycles. The van der Waals surface area contributed by atoms with Crippen LogP contribution in [0.25, 0.3) is 0 Å². The fourth-order valence-electron chi connectivity index (χ4n) is 3.06. The van der Waals surface area contributed by atoms with Crippen molar-refractivity contribution in [2.75, 3.05) is 32.8 Å². The first-order valence-electron chi connectivity index (χ1n) is 7.85. The summed E-state index contributed by atoms with van der Waals surface area (Å²) >= 11 is 3.68. The Balaban J connectivity index is 2.15. The molecular formula is C17H27BrN2O. The van der Waals surface area contributed by atoms with E-state index in [1.54, 1.807) is 0 Å². The Bertz CT molecular complexity index is 444. The van der Waals surface area contributed by atoms with Crippen LogP contribution in [0.1, 0.15) is 26.3 Å². The molecule has 0 aromatic heterocycles. The lowest BCUT2D eigenvalue weighted by Gasteiger charge is -2.46. The summed E-state index contributed by atoms with van der Waals surface area (Å²) < 4.78 is 6.70. The average molecular weight is 355 g/mol. The van der Waals surface area contributed by atoms with Gasteiger partial charge in [0, 0.05) is 29.1 Å². The molecule has 0 saturated carbocycles. The fourth-order valence-corrected chi connectivity index (χ4v) is 3.51. The lowest BCUT2D eigenvalue weighted by atomic mass is 9.87. The first-order valence-corrected chi connectivity index (χ1v) is 8.64. The molecule has 1 aromatic carbocycles. The minimum absolute atomic E-state index is 0.106. The minimum Gasteiger partial charge on any atom is -0.379 e. The van der Waals surface area contributed by atoms with Gasteiger partial charge in [-0.2, -0.15) is 0 Å². The van der Waals surface area contributed by atoms with Gasteiger partial charge in [-0.3, -0.25) is 4.90 Å². The summed E-state index contributed by atoms with van der Waals surface area (Å²) in [6, 6.07) is 8.94. The van der Waals surface area contributed by atoms with Gasteiger partial charge in [0.2, 0.25) is 0 Å². The number of rotatable bonds is 6. The van der Waals surface area contributed by atoms with E-state index in [9.17, 15) is 0 Å². The van der Waals surface area contributed by atoms with Gasteiger partial charge in [-0.25, -0.2) is 0 Å². The van der Waals surface area contributed by atoms with Gasteiger partial charge < -0.3 is 10.1 Å². The van der Waals surface area contributed by atoms with Crippen molar-refractivity contribution in [3.8, 4) is 0 Å². The van der Waals surface area contributed by atoms with Crippen LogP contribution in [0.3, 0.4) is 0 Å². The monoisotopic (exact) mass is 354 g/mol. The van der Waals surface area contributed by atoms with Crippen LogP contribution in [0.5, 0.6) is 0 Å². The molecule has 0 amide bonds. The SMILES string of the molecule is CCNC(Cc1ccccc1Br)C(C)(C)N1CCOCC1. The highest BCUT2D eigenvalue weighted by Crippen LogP contribution is 2.26. The molecule has 0 aliphatic carbocycles. The van der Waals surface area contributed by atoms with Crippen LogP contribution >= 0.6 is 15.9 Å². The van der Waals surface area contributed by atoms with Gasteiger partial charge in [-0.05, 0) is 38.4 Å². The number of morpholine rings is 1. The Morgan fingerprint density at radius 1 is 1.29 bits per heavy atom. The summed E-state index contributed by atoms with van der Waals surface area (Å²) in [7, 11) is 0. The van der Waals surface area contributed by atoms with Gasteiger partial charge in [0.15, 0.2) is 0 Å². The molecule has 1 atom stereocenters. The maximum Gasteiger partial charge on any atom is 0.0594 e. The van der Waals surface area contributed by atoms with E-state index in [0.717, 1.165) is 39.3 Å². The summed E-state index contributed by atoms with van der Waals surface area (Å²) in [5.41, 5.74) is 1.47. The van der Waals surface area contributed by atoms with Crippen molar-refractivity contribution >= 4 is 15.9 Å². The smallest absolute Gasteiger partial charge is 0.0594 e. The van der Waals surface area contributed by atoms with Crippen LogP contribution < -0.4 is 5.32 Å². The number of halogens is 1. The van der Waals surface area contributed by atoms with Gasteiger partial charge in [0.25, 0.3) is 0 Å². The number of hydrogen-bond donors (Lipinski definition) is 1. The average Bonchev–Trinajstić information content (AvgIpc) is 2.50. The molecule has 118 valence electrons. The van der Waals surface area contributed by atoms with E-state index < -0.39 is 0 Å². The van der Waals surface area contributed by atoms with E-state index in [1.807, 2.05) is 0 Å². The fraction of sp³-hybridized carbons (Fsp3) is 0.647. The first kappa shape index (κ1) is 16.9. The first-order chi connectivity index (χ1) is 10.1. The molecule has 0 bridgehead atoms. The van der Waals surface area contributed by atoms with Crippen LogP contribution in [0, 0.1) is 0 Å². The second-order valence-corrected chi connectivity index (χ2v) is 7.01. The predicted octanol–water partition coefficient (Wildman–Crippen LogP) is 3.08. The third-order valence-corrected chi connectivity index (χ3v) is 5.28. The largest absolute Gasteiger partial charge is 0.379 e. The van der Waals surface area contributed by atoms with Crippen LogP contribution in [0.2, 0.25) is 0 Å². The van der Waals surface area contributed by atoms with Crippen molar-refractivity contribution in [2.24, 2.45) is 0 Å². The van der Waals surface area contributed by atoms with Gasteiger partial charge in [0.1, 0.15) is 0 Å². The number of hydrogen-bond acceptors (Lipinski definition) is 3. The summed E-state index contributed by atoms with van der Waals surface area (Å²) in [5, 5.41) is 3.69. The van der Waals surface area contributed by atoms with Crippen molar-refractivity contribution in [1.82, 2.24) is 10.2 Å². The molecule has 3 nitrogen and oxygen atoms in total. The predicted molar refractivity (Wildman–Crippen MR) is 91.8 cm³/mol. The molecule has 1 aromatic rings. The highest BCUT2D eigenvalue weighted by atomic mass is 79.9. The van der Waals surface area contributed by atoms with E-state index >= 15 is 0 Å². The third-order valence-electron chi connectivity index (χ3n) is 4.51. The molecule has 4 heteroatoms. The second-order valence-electron chi connectivity index (χ2n) is 6.16. The van der Waals surface area contributed by atoms with E-state index in [1.165, 1.54) is 10.0 Å². The molecule has 1 fully saturated rings. The van der Waals surface area contributed by atoms with Crippen LogP contribution in [0.15, 0.2) is 28.7 Å². The van der Waals surface area contributed by atoms with Gasteiger partial charge in [-0.15, -0.1) is 0 Å². The normalized spacial score (nSPS) is 18.7. The molecule has 1 aliphatic rings. The molecule has 0 spiro atoms. The Hall–Kier alpha value is -0.420. The molecule has 1 heterocycles. The third kappa shape index (κ3) is 4.28.